The number of hydrogen-bond acceptors (Lipinski definition) is 3. The van der Waals surface area contributed by atoms with Gasteiger partial charge in [-0.3, -0.25) is 0 Å². The van der Waals surface area contributed by atoms with E-state index >= 15 is 0 Å². The van der Waals surface area contributed by atoms with Gasteiger partial charge in [0.1, 0.15) is 5.75 Å². The predicted molar refractivity (Wildman–Crippen MR) is 62.6 cm³/mol. The van der Waals surface area contributed by atoms with Crippen molar-refractivity contribution >= 4 is 34.9 Å². The van der Waals surface area contributed by atoms with E-state index in [0.29, 0.717) is 4.32 Å². The van der Waals surface area contributed by atoms with Crippen molar-refractivity contribution in [3.63, 3.8) is 0 Å². The number of thiocarbonyl (C=S) groups is 1. The molecule has 0 fully saturated rings. The molecule has 0 heterocycles. The highest BCUT2D eigenvalue weighted by atomic mass is 32.1. The lowest BCUT2D eigenvalue weighted by atomic mass is 10.3. The van der Waals surface area contributed by atoms with Crippen molar-refractivity contribution in [2.45, 2.75) is 0 Å². The molecule has 13 heavy (non-hydrogen) atoms. The number of rotatable bonds is 2. The Bertz CT molecular complexity index is 291. The summed E-state index contributed by atoms with van der Waals surface area (Å²) in [6, 6.07) is 7.44. The number of quaternary nitrogens is 1. The molecule has 0 bridgehead atoms. The molecule has 0 aromatic heterocycles. The third-order valence-electron chi connectivity index (χ3n) is 1.32. The van der Waals surface area contributed by atoms with Gasteiger partial charge >= 0.3 is 0 Å². The van der Waals surface area contributed by atoms with Crippen LogP contribution >= 0.6 is 12.2 Å². The second-order valence-corrected chi connectivity index (χ2v) is 3.22. The smallest absolute Gasteiger partial charge is 0.120 e. The van der Waals surface area contributed by atoms with Crippen molar-refractivity contribution in [3.8, 4) is 5.75 Å². The monoisotopic (exact) mass is 216 g/mol. The molecule has 0 atom stereocenters. The van der Waals surface area contributed by atoms with E-state index in [1.54, 1.807) is 7.11 Å². The lowest BCUT2D eigenvalue weighted by Crippen LogP contribution is -2.03. The number of ether oxygens (including phenoxy) is 1. The second-order valence-electron chi connectivity index (χ2n) is 2.14. The van der Waals surface area contributed by atoms with Gasteiger partial charge in [-0.2, -0.15) is 0 Å². The maximum atomic E-state index is 5.02. The van der Waals surface area contributed by atoms with Crippen LogP contribution in [0.2, 0.25) is 0 Å². The number of benzene rings is 1. The molecule has 0 aliphatic rings. The molecule has 0 radical (unpaired) electrons. The zero-order chi connectivity index (χ0) is 8.97. The zero-order valence-corrected chi connectivity index (χ0v) is 9.17. The number of nitrogens with one attached hydrogen (secondary N) is 1. The van der Waals surface area contributed by atoms with Crippen LogP contribution in [0.25, 0.3) is 0 Å². The van der Waals surface area contributed by atoms with Gasteiger partial charge in [0.2, 0.25) is 0 Å². The quantitative estimate of drug-likeness (QED) is 0.588. The molecule has 72 valence electrons. The van der Waals surface area contributed by atoms with Crippen LogP contribution in [0.5, 0.6) is 5.75 Å². The van der Waals surface area contributed by atoms with Crippen molar-refractivity contribution in [1.29, 1.82) is 0 Å². The van der Waals surface area contributed by atoms with Gasteiger partial charge in [-0.05, 0) is 12.1 Å². The molecule has 0 unspecified atom stereocenters. The fraction of sp³-hybridized carbons (Fsp3) is 0.125. The van der Waals surface area contributed by atoms with E-state index in [-0.39, 0.29) is 6.15 Å². The van der Waals surface area contributed by atoms with Gasteiger partial charge in [-0.1, -0.05) is 10.4 Å². The standard InChI is InChI=1S/C8H9NOS2.H3N/c1-10-7-4-2-3-6(5-7)9-8(11)12;/h2-5H,1H3,(H2,9,11,12);1H3. The molecule has 3 nitrogen and oxygen atoms in total. The average Bonchev–Trinajstić information content (AvgIpc) is 2.03. The van der Waals surface area contributed by atoms with Crippen LogP contribution in [0.3, 0.4) is 0 Å². The highest BCUT2D eigenvalue weighted by Gasteiger charge is 1.91. The molecule has 0 saturated carbocycles. The first-order chi connectivity index (χ1) is 5.72. The van der Waals surface area contributed by atoms with E-state index in [4.69, 9.17) is 29.6 Å². The average molecular weight is 216 g/mol. The summed E-state index contributed by atoms with van der Waals surface area (Å²) < 4.78 is 5.36. The first kappa shape index (κ1) is 12.1. The number of methoxy groups -OCH3 is 1. The molecule has 0 amide bonds. The van der Waals surface area contributed by atoms with E-state index in [2.05, 4.69) is 5.32 Å². The van der Waals surface area contributed by atoms with E-state index in [1.165, 1.54) is 0 Å². The lowest BCUT2D eigenvalue weighted by Gasteiger charge is -2.10. The first-order valence-corrected chi connectivity index (χ1v) is 4.16. The Morgan fingerprint density at radius 3 is 2.77 bits per heavy atom. The van der Waals surface area contributed by atoms with Crippen molar-refractivity contribution in [2.24, 2.45) is 0 Å². The highest BCUT2D eigenvalue weighted by Crippen LogP contribution is 2.16. The Morgan fingerprint density at radius 2 is 2.23 bits per heavy atom. The van der Waals surface area contributed by atoms with E-state index < -0.39 is 0 Å². The molecule has 1 aromatic carbocycles. The second kappa shape index (κ2) is 5.69. The summed E-state index contributed by atoms with van der Waals surface area (Å²) in [4.78, 5) is 0. The zero-order valence-electron chi connectivity index (χ0n) is 7.53. The normalized spacial score (nSPS) is 8.38. The third-order valence-corrected chi connectivity index (χ3v) is 1.52. The Hall–Kier alpha value is -0.910. The van der Waals surface area contributed by atoms with E-state index in [0.717, 1.165) is 11.4 Å². The maximum Gasteiger partial charge on any atom is 0.120 e. The summed E-state index contributed by atoms with van der Waals surface area (Å²) >= 11 is 9.44. The lowest BCUT2D eigenvalue weighted by molar-refractivity contribution is 0.415. The molecule has 5 N–H and O–H groups in total. The van der Waals surface area contributed by atoms with Crippen molar-refractivity contribution in [3.05, 3.63) is 24.3 Å². The van der Waals surface area contributed by atoms with Gasteiger partial charge in [0.25, 0.3) is 0 Å². The molecule has 0 spiro atoms. The third kappa shape index (κ3) is 4.02. The summed E-state index contributed by atoms with van der Waals surface area (Å²) in [5.74, 6) is 0.784. The molecule has 0 aliphatic carbocycles. The number of hydrogen-bond donors (Lipinski definition) is 2. The molecule has 1 rings (SSSR count). The van der Waals surface area contributed by atoms with Gasteiger partial charge in [0.05, 0.1) is 7.11 Å². The van der Waals surface area contributed by atoms with Crippen LogP contribution < -0.4 is 16.2 Å². The summed E-state index contributed by atoms with van der Waals surface area (Å²) in [5, 5.41) is 2.85. The summed E-state index contributed by atoms with van der Waals surface area (Å²) in [7, 11) is 1.62. The Kier molecular flexibility index (Phi) is 5.29. The first-order valence-electron chi connectivity index (χ1n) is 3.34. The van der Waals surface area contributed by atoms with Crippen LogP contribution in [-0.4, -0.2) is 11.4 Å². The predicted octanol–water partition coefficient (Wildman–Crippen LogP) is 2.32. The molecule has 5 heteroatoms. The Labute approximate surface area is 88.5 Å². The SMILES string of the molecule is COc1cccc(NC(=S)[S-])c1.[NH4+]. The van der Waals surface area contributed by atoms with E-state index in [1.807, 2.05) is 24.3 Å². The molecule has 0 aliphatic heterocycles. The van der Waals surface area contributed by atoms with Gasteiger partial charge in [0.15, 0.2) is 0 Å². The van der Waals surface area contributed by atoms with Crippen LogP contribution in [0, 0.1) is 0 Å². The van der Waals surface area contributed by atoms with Gasteiger partial charge in [-0.15, -0.1) is 0 Å². The van der Waals surface area contributed by atoms with Crippen molar-refractivity contribution in [1.82, 2.24) is 6.15 Å². The summed E-state index contributed by atoms with van der Waals surface area (Å²) in [6.45, 7) is 0. The topological polar surface area (TPSA) is 57.8 Å². The highest BCUT2D eigenvalue weighted by molar-refractivity contribution is 8.00. The van der Waals surface area contributed by atoms with Crippen molar-refractivity contribution in [2.75, 3.05) is 12.4 Å². The fourth-order valence-electron chi connectivity index (χ4n) is 0.819. The molecule has 0 saturated heterocycles. The summed E-state index contributed by atoms with van der Waals surface area (Å²) in [6.07, 6.45) is 0. The van der Waals surface area contributed by atoms with Crippen LogP contribution in [0.1, 0.15) is 0 Å². The largest absolute Gasteiger partial charge is 0.497 e. The number of anilines is 1. The van der Waals surface area contributed by atoms with E-state index in [9.17, 15) is 0 Å². The van der Waals surface area contributed by atoms with Crippen LogP contribution in [0.15, 0.2) is 24.3 Å². The molecular weight excluding hydrogens is 204 g/mol. The molecular formula is C8H12N2OS2. The Morgan fingerprint density at radius 1 is 1.54 bits per heavy atom. The Balaban J connectivity index is 0.00000144. The maximum absolute atomic E-state index is 5.02. The van der Waals surface area contributed by atoms with Crippen LogP contribution in [-0.2, 0) is 12.6 Å². The minimum Gasteiger partial charge on any atom is -0.497 e. The fourth-order valence-corrected chi connectivity index (χ4v) is 1.05. The van der Waals surface area contributed by atoms with Gasteiger partial charge < -0.3 is 41.1 Å². The van der Waals surface area contributed by atoms with Crippen LogP contribution in [0.4, 0.5) is 5.69 Å². The van der Waals surface area contributed by atoms with Gasteiger partial charge in [0, 0.05) is 11.8 Å². The minimum absolute atomic E-state index is 0. The molecule has 1 aromatic rings. The minimum atomic E-state index is 0. The van der Waals surface area contributed by atoms with Crippen molar-refractivity contribution < 1.29 is 4.74 Å². The van der Waals surface area contributed by atoms with Gasteiger partial charge in [-0.25, -0.2) is 0 Å². The summed E-state index contributed by atoms with van der Waals surface area (Å²) in [5.41, 5.74) is 0.856.